The molecule has 0 unspecified atom stereocenters. The Bertz CT molecular complexity index is 619. The van der Waals surface area contributed by atoms with Crippen molar-refractivity contribution in [1.29, 1.82) is 0 Å². The summed E-state index contributed by atoms with van der Waals surface area (Å²) in [4.78, 5) is 11.2. The van der Waals surface area contributed by atoms with E-state index in [4.69, 9.17) is 9.47 Å². The molecular formula is C24H36O6. The first-order valence-corrected chi connectivity index (χ1v) is 10.4. The Kier molecular flexibility index (Phi) is 17.6. The summed E-state index contributed by atoms with van der Waals surface area (Å²) in [5.74, 6) is 10.2. The van der Waals surface area contributed by atoms with Crippen LogP contribution < -0.4 is 0 Å². The van der Waals surface area contributed by atoms with Gasteiger partial charge in [0.05, 0.1) is 13.2 Å². The fraction of sp³-hybridized carbons (Fsp3) is 0.625. The van der Waals surface area contributed by atoms with Crippen LogP contribution in [0.5, 0.6) is 0 Å². The highest BCUT2D eigenvalue weighted by Crippen LogP contribution is 2.16. The molecule has 0 radical (unpaired) electrons. The van der Waals surface area contributed by atoms with Crippen LogP contribution in [0.25, 0.3) is 0 Å². The zero-order chi connectivity index (χ0) is 22.6. The van der Waals surface area contributed by atoms with Gasteiger partial charge in [-0.1, -0.05) is 50.7 Å². The number of allylic oxidation sites excluding steroid dienone is 1. The Morgan fingerprint density at radius 1 is 1.13 bits per heavy atom. The van der Waals surface area contributed by atoms with E-state index >= 15 is 0 Å². The predicted octanol–water partition coefficient (Wildman–Crippen LogP) is 2.78. The van der Waals surface area contributed by atoms with E-state index in [0.29, 0.717) is 32.3 Å². The number of aliphatic hydroxyl groups excluding tert-OH is 2. The standard InChI is InChI=1S/C24H36O6/c1-5-7-10-16-21(26)24(30-19-14-13-18-23(27)29-4)22(28-3)17-12-9-8-11-15-20(25)6-2/h6,12,17,20-22,24-26H,2,5,7,10,13-14,16,18-19H2,1,3-4H3/b17-12+/t20-,21-,22-,24-/m0/s1. The molecule has 0 bridgehead atoms. The summed E-state index contributed by atoms with van der Waals surface area (Å²) < 4.78 is 16.1. The molecule has 6 heteroatoms. The van der Waals surface area contributed by atoms with E-state index in [-0.39, 0.29) is 5.97 Å². The van der Waals surface area contributed by atoms with Crippen LogP contribution in [0.4, 0.5) is 0 Å². The number of esters is 1. The van der Waals surface area contributed by atoms with Gasteiger partial charge in [-0.25, -0.2) is 0 Å². The summed E-state index contributed by atoms with van der Waals surface area (Å²) >= 11 is 0. The molecular weight excluding hydrogens is 384 g/mol. The van der Waals surface area contributed by atoms with Gasteiger partial charge in [0.25, 0.3) is 0 Å². The van der Waals surface area contributed by atoms with Crippen LogP contribution >= 0.6 is 0 Å². The molecule has 0 amide bonds. The number of ether oxygens (including phenoxy) is 3. The highest BCUT2D eigenvalue weighted by atomic mass is 16.5. The van der Waals surface area contributed by atoms with Gasteiger partial charge in [0, 0.05) is 20.1 Å². The lowest BCUT2D eigenvalue weighted by Gasteiger charge is -2.28. The molecule has 0 saturated carbocycles. The number of carbonyl (C=O) groups excluding carboxylic acids is 1. The lowest BCUT2D eigenvalue weighted by molar-refractivity contribution is -0.140. The van der Waals surface area contributed by atoms with Crippen LogP contribution in [0, 0.1) is 23.7 Å². The van der Waals surface area contributed by atoms with E-state index in [9.17, 15) is 15.0 Å². The molecule has 4 atom stereocenters. The maximum absolute atomic E-state index is 11.2. The summed E-state index contributed by atoms with van der Waals surface area (Å²) in [5.41, 5.74) is 0. The fourth-order valence-corrected chi connectivity index (χ4v) is 2.60. The first-order chi connectivity index (χ1) is 14.5. The molecule has 0 saturated heterocycles. The first-order valence-electron chi connectivity index (χ1n) is 10.4. The maximum atomic E-state index is 11.2. The van der Waals surface area contributed by atoms with Gasteiger partial charge in [-0.05, 0) is 43.3 Å². The molecule has 0 aromatic rings. The van der Waals surface area contributed by atoms with Crippen LogP contribution in [0.1, 0.15) is 51.9 Å². The van der Waals surface area contributed by atoms with Gasteiger partial charge < -0.3 is 24.4 Å². The number of hydrogen-bond donors (Lipinski definition) is 2. The minimum absolute atomic E-state index is 0.244. The van der Waals surface area contributed by atoms with E-state index in [1.807, 2.05) is 0 Å². The minimum Gasteiger partial charge on any atom is -0.469 e. The van der Waals surface area contributed by atoms with Gasteiger partial charge in [0.1, 0.15) is 18.3 Å². The van der Waals surface area contributed by atoms with E-state index in [0.717, 1.165) is 19.3 Å². The monoisotopic (exact) mass is 420 g/mol. The second-order valence-electron chi connectivity index (χ2n) is 6.71. The maximum Gasteiger partial charge on any atom is 0.305 e. The number of rotatable bonds is 15. The average molecular weight is 421 g/mol. The van der Waals surface area contributed by atoms with Crippen molar-refractivity contribution in [2.24, 2.45) is 0 Å². The highest BCUT2D eigenvalue weighted by molar-refractivity contribution is 5.68. The van der Waals surface area contributed by atoms with Crippen LogP contribution in [-0.2, 0) is 19.0 Å². The molecule has 30 heavy (non-hydrogen) atoms. The number of unbranched alkanes of at least 4 members (excludes halogenated alkanes) is 3. The number of aliphatic hydroxyl groups is 2. The SMILES string of the molecule is C=C[C@H](O)C#CC#C/C=C/[C@H](OC)[C@@H](OCCCCC(=O)OC)[C@@H](O)CCCCC. The number of carbonyl (C=O) groups is 1. The minimum atomic E-state index is -0.898. The molecule has 168 valence electrons. The third-order valence-electron chi connectivity index (χ3n) is 4.34. The predicted molar refractivity (Wildman–Crippen MR) is 117 cm³/mol. The smallest absolute Gasteiger partial charge is 0.305 e. The van der Waals surface area contributed by atoms with Gasteiger partial charge in [-0.3, -0.25) is 4.79 Å². The Labute approximate surface area is 181 Å². The van der Waals surface area contributed by atoms with Crippen molar-refractivity contribution in [3.8, 4) is 23.7 Å². The molecule has 0 fully saturated rings. The van der Waals surface area contributed by atoms with Gasteiger partial charge >= 0.3 is 5.97 Å². The summed E-state index contributed by atoms with van der Waals surface area (Å²) in [6.45, 7) is 5.94. The summed E-state index contributed by atoms with van der Waals surface area (Å²) in [6.07, 6.45) is 7.32. The van der Waals surface area contributed by atoms with Crippen molar-refractivity contribution in [3.05, 3.63) is 24.8 Å². The van der Waals surface area contributed by atoms with Crippen LogP contribution in [-0.4, -0.2) is 61.4 Å². The quantitative estimate of drug-likeness (QED) is 0.183. The Balaban J connectivity index is 4.92. The third-order valence-corrected chi connectivity index (χ3v) is 4.34. The van der Waals surface area contributed by atoms with Gasteiger partial charge in [0.2, 0.25) is 0 Å². The largest absolute Gasteiger partial charge is 0.469 e. The number of methoxy groups -OCH3 is 2. The molecule has 0 aromatic carbocycles. The van der Waals surface area contributed by atoms with Crippen molar-refractivity contribution in [2.45, 2.75) is 76.3 Å². The van der Waals surface area contributed by atoms with Crippen LogP contribution in [0.15, 0.2) is 24.8 Å². The van der Waals surface area contributed by atoms with Gasteiger partial charge in [-0.2, -0.15) is 0 Å². The second kappa shape index (κ2) is 18.9. The zero-order valence-electron chi connectivity index (χ0n) is 18.4. The van der Waals surface area contributed by atoms with E-state index in [1.54, 1.807) is 19.3 Å². The topological polar surface area (TPSA) is 85.2 Å². The lowest BCUT2D eigenvalue weighted by Crippen LogP contribution is -2.40. The molecule has 6 nitrogen and oxygen atoms in total. The molecule has 0 aliphatic heterocycles. The summed E-state index contributed by atoms with van der Waals surface area (Å²) in [5, 5.41) is 19.9. The van der Waals surface area contributed by atoms with Crippen molar-refractivity contribution in [3.63, 3.8) is 0 Å². The highest BCUT2D eigenvalue weighted by Gasteiger charge is 2.27. The normalized spacial score (nSPS) is 14.6. The van der Waals surface area contributed by atoms with Gasteiger partial charge in [0.15, 0.2) is 0 Å². The molecule has 0 aromatic heterocycles. The summed E-state index contributed by atoms with van der Waals surface area (Å²) in [7, 11) is 2.92. The van der Waals surface area contributed by atoms with E-state index < -0.39 is 24.4 Å². The molecule has 2 N–H and O–H groups in total. The Morgan fingerprint density at radius 2 is 1.90 bits per heavy atom. The Hall–Kier alpha value is -2.09. The molecule has 0 spiro atoms. The molecule has 0 heterocycles. The van der Waals surface area contributed by atoms with E-state index in [1.165, 1.54) is 13.2 Å². The van der Waals surface area contributed by atoms with Crippen molar-refractivity contribution >= 4 is 5.97 Å². The van der Waals surface area contributed by atoms with Crippen molar-refractivity contribution in [2.75, 3.05) is 20.8 Å². The fourth-order valence-electron chi connectivity index (χ4n) is 2.60. The zero-order valence-corrected chi connectivity index (χ0v) is 18.4. The van der Waals surface area contributed by atoms with E-state index in [2.05, 4.69) is 41.9 Å². The van der Waals surface area contributed by atoms with Crippen LogP contribution in [0.2, 0.25) is 0 Å². The van der Waals surface area contributed by atoms with Crippen LogP contribution in [0.3, 0.4) is 0 Å². The van der Waals surface area contributed by atoms with Gasteiger partial charge in [-0.15, -0.1) is 0 Å². The molecule has 0 aliphatic carbocycles. The second-order valence-corrected chi connectivity index (χ2v) is 6.71. The average Bonchev–Trinajstić information content (AvgIpc) is 2.75. The van der Waals surface area contributed by atoms with Crippen molar-refractivity contribution in [1.82, 2.24) is 0 Å². The first kappa shape index (κ1) is 27.9. The Morgan fingerprint density at radius 3 is 2.53 bits per heavy atom. The lowest BCUT2D eigenvalue weighted by atomic mass is 10.0. The molecule has 0 aliphatic rings. The summed E-state index contributed by atoms with van der Waals surface area (Å²) in [6, 6.07) is 0. The third kappa shape index (κ3) is 14.0. The molecule has 0 rings (SSSR count). The van der Waals surface area contributed by atoms with Crippen molar-refractivity contribution < 1.29 is 29.2 Å². The number of hydrogen-bond acceptors (Lipinski definition) is 6.